The highest BCUT2D eigenvalue weighted by Gasteiger charge is 2.02. The third kappa shape index (κ3) is 14.9. The fourth-order valence-electron chi connectivity index (χ4n) is 4.40. The molecule has 8 nitrogen and oxygen atoms in total. The monoisotopic (exact) mass is 1020 g/mol. The van der Waals surface area contributed by atoms with Crippen LogP contribution < -0.4 is 22.3 Å². The van der Waals surface area contributed by atoms with Crippen LogP contribution in [0, 0.1) is 0 Å². The van der Waals surface area contributed by atoms with Gasteiger partial charge in [0, 0.05) is 28.6 Å². The quantitative estimate of drug-likeness (QED) is 0.0341. The summed E-state index contributed by atoms with van der Waals surface area (Å²) in [6.07, 6.45) is 18.9. The molecule has 0 spiro atoms. The van der Waals surface area contributed by atoms with Crippen molar-refractivity contribution in [1.82, 2.24) is 36.4 Å². The molecule has 0 saturated heterocycles. The first kappa shape index (κ1) is 41.4. The molecule has 0 aromatic carbocycles. The molecule has 8 bridgehead atoms. The van der Waals surface area contributed by atoms with E-state index in [-0.39, 0.29) is 95.9 Å². The molecule has 3 aromatic rings. The van der Waals surface area contributed by atoms with Crippen LogP contribution in [0.25, 0.3) is 46.4 Å². The fourth-order valence-corrected chi connectivity index (χ4v) is 4.40. The minimum Gasteiger partial charge on any atom is -0.355 e. The lowest BCUT2D eigenvalue weighted by molar-refractivity contribution is 0.431. The van der Waals surface area contributed by atoms with E-state index >= 15 is 0 Å². The lowest BCUT2D eigenvalue weighted by Gasteiger charge is -2.04. The molecule has 0 unspecified atom stereocenters. The third-order valence-electron chi connectivity index (χ3n) is 6.36. The zero-order valence-electron chi connectivity index (χ0n) is 23.9. The lowest BCUT2D eigenvalue weighted by Crippen LogP contribution is -2.47. The Balaban J connectivity index is 0.000000828. The van der Waals surface area contributed by atoms with Gasteiger partial charge < -0.3 is 9.97 Å². The van der Waals surface area contributed by atoms with Crippen LogP contribution >= 0.6 is 95.9 Å². The summed E-state index contributed by atoms with van der Waals surface area (Å²) in [5.74, 6) is 5.01. The van der Waals surface area contributed by atoms with Gasteiger partial charge in [0.25, 0.3) is 0 Å². The first-order valence-electron chi connectivity index (χ1n) is 13.7. The normalized spacial score (nSPS) is 10.8. The molecular formula is C30H44I4N8. The van der Waals surface area contributed by atoms with E-state index in [2.05, 4.69) is 73.7 Å². The maximum absolute atomic E-state index is 5.01. The number of rotatable bonds is 11. The second kappa shape index (κ2) is 23.7. The number of fused-ring (bicyclic) bond motifs is 8. The van der Waals surface area contributed by atoms with Crippen LogP contribution in [0.4, 0.5) is 0 Å². The number of aromatic amines is 2. The highest BCUT2D eigenvalue weighted by molar-refractivity contribution is 14.0. The molecule has 2 aliphatic heterocycles. The number of H-pyrrole nitrogens is 2. The van der Waals surface area contributed by atoms with Crippen LogP contribution in [0.15, 0.2) is 48.5 Å². The number of unbranched alkanes of at least 4 members (excludes halogenated alkanes) is 7. The van der Waals surface area contributed by atoms with E-state index in [1.165, 1.54) is 51.4 Å². The Labute approximate surface area is 317 Å². The molecule has 12 heteroatoms. The molecule has 7 N–H and O–H groups in total. The number of nitrogens with one attached hydrogen (secondary N) is 5. The van der Waals surface area contributed by atoms with Gasteiger partial charge in [-0.15, -0.1) is 95.9 Å². The summed E-state index contributed by atoms with van der Waals surface area (Å²) >= 11 is 0. The van der Waals surface area contributed by atoms with Crippen LogP contribution in [-0.2, 0) is 0 Å². The molecule has 0 radical (unpaired) electrons. The standard InChI is InChI=1S/C20H14N4.C10H26N4.4HI/c1-2-14-10-16-5-6-18(23-16)12-20-8-7-19(24-20)11-17-4-3-15(22-17)9-13(1)21-14;1-2-3-4-5-6-7-8-9-10-12-14-13-11;;;;/h1-12,21-22H;12-14H,2-11H2,1H3;4*1H. The predicted molar refractivity (Wildman–Crippen MR) is 222 cm³/mol. The topological polar surface area (TPSA) is 119 Å². The van der Waals surface area contributed by atoms with Crippen molar-refractivity contribution in [3.8, 4) is 0 Å². The summed E-state index contributed by atoms with van der Waals surface area (Å²) in [7, 11) is 0. The minimum absolute atomic E-state index is 0. The molecule has 0 fully saturated rings. The molecule has 42 heavy (non-hydrogen) atoms. The Morgan fingerprint density at radius 3 is 1.43 bits per heavy atom. The average molecular weight is 1020 g/mol. The summed E-state index contributed by atoms with van der Waals surface area (Å²) in [4.78, 5) is 16.0. The van der Waals surface area contributed by atoms with Crippen LogP contribution in [-0.4, -0.2) is 26.5 Å². The second-order valence-electron chi connectivity index (χ2n) is 9.58. The van der Waals surface area contributed by atoms with Crippen LogP contribution in [0.1, 0.15) is 81.1 Å². The Morgan fingerprint density at radius 2 is 0.976 bits per heavy atom. The second-order valence-corrected chi connectivity index (χ2v) is 9.58. The van der Waals surface area contributed by atoms with Gasteiger partial charge in [0.05, 0.1) is 22.8 Å². The molecule has 232 valence electrons. The van der Waals surface area contributed by atoms with Crippen molar-refractivity contribution in [2.75, 3.05) is 6.54 Å². The predicted octanol–water partition coefficient (Wildman–Crippen LogP) is 8.73. The molecule has 3 aromatic heterocycles. The maximum Gasteiger partial charge on any atom is 0.0659 e. The van der Waals surface area contributed by atoms with Crippen LogP contribution in [0.5, 0.6) is 0 Å². The van der Waals surface area contributed by atoms with Gasteiger partial charge in [-0.1, -0.05) is 51.9 Å². The van der Waals surface area contributed by atoms with Crippen molar-refractivity contribution in [3.63, 3.8) is 0 Å². The van der Waals surface area contributed by atoms with Crippen molar-refractivity contribution in [3.05, 3.63) is 71.3 Å². The molecule has 0 atom stereocenters. The molecule has 5 heterocycles. The summed E-state index contributed by atoms with van der Waals surface area (Å²) in [5.41, 5.74) is 15.8. The molecule has 0 saturated carbocycles. The lowest BCUT2D eigenvalue weighted by atomic mass is 10.1. The summed E-state index contributed by atoms with van der Waals surface area (Å²) in [6, 6.07) is 16.4. The average Bonchev–Trinajstić information content (AvgIpc) is 3.72. The molecule has 0 aliphatic carbocycles. The van der Waals surface area contributed by atoms with Gasteiger partial charge in [-0.05, 0) is 79.3 Å². The number of nitrogens with zero attached hydrogens (tertiary/aromatic N) is 2. The molecular weight excluding hydrogens is 980 g/mol. The van der Waals surface area contributed by atoms with Crippen molar-refractivity contribution in [2.45, 2.75) is 58.3 Å². The Morgan fingerprint density at radius 1 is 0.571 bits per heavy atom. The van der Waals surface area contributed by atoms with E-state index in [4.69, 9.17) is 5.84 Å². The molecule has 0 amide bonds. The van der Waals surface area contributed by atoms with Gasteiger partial charge in [-0.2, -0.15) is 11.1 Å². The third-order valence-corrected chi connectivity index (χ3v) is 6.36. The Kier molecular flexibility index (Phi) is 23.3. The highest BCUT2D eigenvalue weighted by atomic mass is 127. The van der Waals surface area contributed by atoms with Crippen molar-refractivity contribution in [2.24, 2.45) is 5.84 Å². The van der Waals surface area contributed by atoms with Crippen molar-refractivity contribution >= 4 is 142 Å². The first-order chi connectivity index (χ1) is 18.7. The number of aromatic nitrogens is 4. The zero-order chi connectivity index (χ0) is 26.4. The van der Waals surface area contributed by atoms with Crippen LogP contribution in [0.2, 0.25) is 0 Å². The van der Waals surface area contributed by atoms with Crippen molar-refractivity contribution < 1.29 is 0 Å². The summed E-state index contributed by atoms with van der Waals surface area (Å²) in [5, 5.41) is 0. The van der Waals surface area contributed by atoms with E-state index in [0.29, 0.717) is 0 Å². The van der Waals surface area contributed by atoms with Crippen molar-refractivity contribution in [1.29, 1.82) is 0 Å². The van der Waals surface area contributed by atoms with Crippen LogP contribution in [0.3, 0.4) is 0 Å². The van der Waals surface area contributed by atoms with Gasteiger partial charge >= 0.3 is 0 Å². The largest absolute Gasteiger partial charge is 0.355 e. The Bertz CT molecular complexity index is 1280. The highest BCUT2D eigenvalue weighted by Crippen LogP contribution is 2.17. The first-order valence-corrected chi connectivity index (χ1v) is 13.7. The maximum atomic E-state index is 5.01. The van der Waals surface area contributed by atoms with Gasteiger partial charge in [-0.25, -0.2) is 15.4 Å². The number of hydrogen-bond donors (Lipinski definition) is 6. The number of halogens is 4. The molecule has 5 rings (SSSR count). The van der Waals surface area contributed by atoms with Gasteiger partial charge in [-0.3, -0.25) is 5.84 Å². The van der Waals surface area contributed by atoms with E-state index < -0.39 is 0 Å². The SMILES string of the molecule is C1=Cc2cc3ccc(cc4ccc(cc5nc(cc1n2)C=C5)[nH]4)[nH]3.CCCCCCCCCCNNNN.I.I.I.I. The minimum atomic E-state index is 0. The van der Waals surface area contributed by atoms with E-state index in [1.807, 2.05) is 42.5 Å². The molecule has 2 aliphatic rings. The summed E-state index contributed by atoms with van der Waals surface area (Å²) < 4.78 is 0. The number of hydrogen-bond acceptors (Lipinski definition) is 6. The Hall–Kier alpha value is -0.640. The van der Waals surface area contributed by atoms with E-state index in [9.17, 15) is 0 Å². The zero-order valence-corrected chi connectivity index (χ0v) is 33.2. The number of hydrazine groups is 3. The smallest absolute Gasteiger partial charge is 0.0659 e. The van der Waals surface area contributed by atoms with Gasteiger partial charge in [0.15, 0.2) is 0 Å². The van der Waals surface area contributed by atoms with E-state index in [0.717, 1.165) is 51.4 Å². The summed E-state index contributed by atoms with van der Waals surface area (Å²) in [6.45, 7) is 3.23. The van der Waals surface area contributed by atoms with E-state index in [1.54, 1.807) is 0 Å². The number of nitrogens with two attached hydrogens (primary N) is 1. The fraction of sp³-hybridized carbons (Fsp3) is 0.333. The van der Waals surface area contributed by atoms with Gasteiger partial charge in [0.2, 0.25) is 0 Å². The van der Waals surface area contributed by atoms with Gasteiger partial charge in [0.1, 0.15) is 0 Å².